The number of rotatable bonds is 6. The average molecular weight is 415 g/mol. The van der Waals surface area contributed by atoms with E-state index in [1.807, 2.05) is 0 Å². The minimum absolute atomic E-state index is 0.744. The maximum absolute atomic E-state index is 4.16. The normalized spacial score (nSPS) is 44.8. The predicted octanol–water partition coefficient (Wildman–Crippen LogP) is 6.69. The summed E-state index contributed by atoms with van der Waals surface area (Å²) in [4.78, 5) is 0. The molecule has 0 aromatic carbocycles. The van der Waals surface area contributed by atoms with Crippen molar-refractivity contribution in [3.8, 4) is 0 Å². The standard InChI is InChI=1S/C28H50N2/c1-3-15-25-21(9-1)11-7-13-23(25)19-29-27-17-5-6-18-28(27)30-20-24-14-8-12-22-10-2-4-16-26(22)24/h21-30H,1-20H2/t21?,22?,23?,24?,25?,26?,27-,28-/m1/s1. The van der Waals surface area contributed by atoms with Crippen LogP contribution in [0.25, 0.3) is 0 Å². The first-order valence-electron chi connectivity index (χ1n) is 14.4. The van der Waals surface area contributed by atoms with E-state index in [0.717, 1.165) is 47.6 Å². The van der Waals surface area contributed by atoms with Gasteiger partial charge < -0.3 is 10.6 Å². The third-order valence-electron chi connectivity index (χ3n) is 10.5. The second kappa shape index (κ2) is 10.7. The Morgan fingerprint density at radius 2 is 0.800 bits per heavy atom. The number of fused-ring (bicyclic) bond motifs is 2. The molecule has 172 valence electrons. The van der Waals surface area contributed by atoms with Crippen LogP contribution >= 0.6 is 0 Å². The first-order chi connectivity index (χ1) is 14.9. The molecule has 30 heavy (non-hydrogen) atoms. The second-order valence-corrected chi connectivity index (χ2v) is 12.1. The van der Waals surface area contributed by atoms with Crippen molar-refractivity contribution >= 4 is 0 Å². The van der Waals surface area contributed by atoms with E-state index in [2.05, 4.69) is 10.6 Å². The molecule has 0 heterocycles. The van der Waals surface area contributed by atoms with E-state index in [1.54, 1.807) is 25.7 Å². The molecular weight excluding hydrogens is 364 g/mol. The summed E-state index contributed by atoms with van der Waals surface area (Å²) in [6, 6.07) is 1.49. The third-order valence-corrected chi connectivity index (χ3v) is 10.5. The van der Waals surface area contributed by atoms with Gasteiger partial charge in [0.25, 0.3) is 0 Å². The van der Waals surface area contributed by atoms with Crippen LogP contribution in [0.15, 0.2) is 0 Å². The summed E-state index contributed by atoms with van der Waals surface area (Å²) < 4.78 is 0. The Balaban J connectivity index is 1.12. The minimum Gasteiger partial charge on any atom is -0.312 e. The van der Waals surface area contributed by atoms with Crippen molar-refractivity contribution in [3.05, 3.63) is 0 Å². The first-order valence-corrected chi connectivity index (χ1v) is 14.4. The molecule has 0 amide bonds. The van der Waals surface area contributed by atoms with Crippen LogP contribution in [0.1, 0.15) is 116 Å². The lowest BCUT2D eigenvalue weighted by atomic mass is 9.65. The lowest BCUT2D eigenvalue weighted by Crippen LogP contribution is -2.53. The van der Waals surface area contributed by atoms with E-state index in [1.165, 1.54) is 103 Å². The molecule has 5 aliphatic carbocycles. The molecular formula is C28H50N2. The molecule has 0 spiro atoms. The number of hydrogen-bond donors (Lipinski definition) is 2. The van der Waals surface area contributed by atoms with Gasteiger partial charge in [-0.05, 0) is 87.1 Å². The summed E-state index contributed by atoms with van der Waals surface area (Å²) in [5.74, 6) is 6.23. The maximum Gasteiger partial charge on any atom is 0.0221 e. The smallest absolute Gasteiger partial charge is 0.0221 e. The van der Waals surface area contributed by atoms with Gasteiger partial charge in [0, 0.05) is 12.1 Å². The van der Waals surface area contributed by atoms with Gasteiger partial charge in [-0.3, -0.25) is 0 Å². The molecule has 0 bridgehead atoms. The van der Waals surface area contributed by atoms with Gasteiger partial charge in [-0.25, -0.2) is 0 Å². The lowest BCUT2D eigenvalue weighted by Gasteiger charge is -2.44. The van der Waals surface area contributed by atoms with Crippen LogP contribution in [0.4, 0.5) is 0 Å². The summed E-state index contributed by atoms with van der Waals surface area (Å²) >= 11 is 0. The quantitative estimate of drug-likeness (QED) is 0.506. The molecule has 2 heteroatoms. The largest absolute Gasteiger partial charge is 0.312 e. The summed E-state index contributed by atoms with van der Waals surface area (Å²) in [7, 11) is 0. The van der Waals surface area contributed by atoms with Crippen molar-refractivity contribution in [2.75, 3.05) is 13.1 Å². The topological polar surface area (TPSA) is 24.1 Å². The minimum atomic E-state index is 0.744. The zero-order valence-electron chi connectivity index (χ0n) is 19.8. The zero-order chi connectivity index (χ0) is 20.2. The summed E-state index contributed by atoms with van der Waals surface area (Å²) in [6.07, 6.45) is 27.0. The summed E-state index contributed by atoms with van der Waals surface area (Å²) in [6.45, 7) is 2.64. The molecule has 2 nitrogen and oxygen atoms in total. The highest BCUT2D eigenvalue weighted by molar-refractivity contribution is 4.92. The van der Waals surface area contributed by atoms with Crippen LogP contribution in [0, 0.1) is 35.5 Å². The van der Waals surface area contributed by atoms with Crippen molar-refractivity contribution in [1.29, 1.82) is 0 Å². The van der Waals surface area contributed by atoms with Crippen molar-refractivity contribution in [2.24, 2.45) is 35.5 Å². The van der Waals surface area contributed by atoms with Crippen LogP contribution < -0.4 is 10.6 Å². The molecule has 0 radical (unpaired) electrons. The van der Waals surface area contributed by atoms with Gasteiger partial charge in [-0.15, -0.1) is 0 Å². The molecule has 5 aliphatic rings. The Morgan fingerprint density at radius 1 is 0.400 bits per heavy atom. The molecule has 0 aliphatic heterocycles. The Bertz CT molecular complexity index is 469. The first kappa shape index (κ1) is 21.7. The zero-order valence-corrected chi connectivity index (χ0v) is 19.8. The van der Waals surface area contributed by atoms with Gasteiger partial charge in [0.2, 0.25) is 0 Å². The van der Waals surface area contributed by atoms with Gasteiger partial charge >= 0.3 is 0 Å². The van der Waals surface area contributed by atoms with Crippen LogP contribution in [-0.4, -0.2) is 25.2 Å². The number of hydrogen-bond acceptors (Lipinski definition) is 2. The Kier molecular flexibility index (Phi) is 7.75. The second-order valence-electron chi connectivity index (χ2n) is 12.1. The average Bonchev–Trinajstić information content (AvgIpc) is 2.82. The SMILES string of the molecule is C1CCC2C(C1)CCCC2CN[C@@H]1CCCC[C@H]1NCC1CCCC2CCCCC21. The van der Waals surface area contributed by atoms with Gasteiger partial charge in [-0.1, -0.05) is 77.0 Å². The Labute approximate surface area is 187 Å². The van der Waals surface area contributed by atoms with Crippen LogP contribution in [0.5, 0.6) is 0 Å². The van der Waals surface area contributed by atoms with Crippen molar-refractivity contribution in [3.63, 3.8) is 0 Å². The maximum atomic E-state index is 4.16. The molecule has 5 rings (SSSR count). The monoisotopic (exact) mass is 414 g/mol. The van der Waals surface area contributed by atoms with Gasteiger partial charge in [0.1, 0.15) is 0 Å². The van der Waals surface area contributed by atoms with E-state index in [-0.39, 0.29) is 0 Å². The third kappa shape index (κ3) is 5.11. The molecule has 8 atom stereocenters. The Morgan fingerprint density at radius 3 is 1.30 bits per heavy atom. The molecule has 5 fully saturated rings. The van der Waals surface area contributed by atoms with E-state index < -0.39 is 0 Å². The van der Waals surface area contributed by atoms with E-state index in [4.69, 9.17) is 0 Å². The predicted molar refractivity (Wildman–Crippen MR) is 128 cm³/mol. The van der Waals surface area contributed by atoms with Gasteiger partial charge in [-0.2, -0.15) is 0 Å². The highest BCUT2D eigenvalue weighted by Crippen LogP contribution is 2.44. The number of nitrogens with one attached hydrogen (secondary N) is 2. The van der Waals surface area contributed by atoms with Crippen LogP contribution in [-0.2, 0) is 0 Å². The molecule has 5 saturated carbocycles. The highest BCUT2D eigenvalue weighted by Gasteiger charge is 2.37. The van der Waals surface area contributed by atoms with Crippen LogP contribution in [0.3, 0.4) is 0 Å². The lowest BCUT2D eigenvalue weighted by molar-refractivity contribution is 0.0913. The molecule has 0 aromatic heterocycles. The van der Waals surface area contributed by atoms with Crippen molar-refractivity contribution in [1.82, 2.24) is 10.6 Å². The van der Waals surface area contributed by atoms with Crippen LogP contribution in [0.2, 0.25) is 0 Å². The van der Waals surface area contributed by atoms with Crippen molar-refractivity contribution < 1.29 is 0 Å². The summed E-state index contributed by atoms with van der Waals surface area (Å²) in [5, 5.41) is 8.31. The van der Waals surface area contributed by atoms with Gasteiger partial charge in [0.15, 0.2) is 0 Å². The van der Waals surface area contributed by atoms with E-state index >= 15 is 0 Å². The van der Waals surface area contributed by atoms with E-state index in [0.29, 0.717) is 0 Å². The fraction of sp³-hybridized carbons (Fsp3) is 1.00. The van der Waals surface area contributed by atoms with Crippen molar-refractivity contribution in [2.45, 2.75) is 128 Å². The molecule has 0 saturated heterocycles. The fourth-order valence-corrected chi connectivity index (χ4v) is 8.88. The van der Waals surface area contributed by atoms with Gasteiger partial charge in [0.05, 0.1) is 0 Å². The molecule has 0 aromatic rings. The molecule has 2 N–H and O–H groups in total. The van der Waals surface area contributed by atoms with E-state index in [9.17, 15) is 0 Å². The highest BCUT2D eigenvalue weighted by atomic mass is 15.0. The fourth-order valence-electron chi connectivity index (χ4n) is 8.88. The molecule has 6 unspecified atom stereocenters. The Hall–Kier alpha value is -0.0800. The summed E-state index contributed by atoms with van der Waals surface area (Å²) in [5.41, 5.74) is 0.